The standard InChI is InChI=1S/C14H15FN2O2/c1-4-12-16-13(8(2)14(18)17-12)9-5-6-11(19-3)10(15)7-9/h5-7H,4H2,1-3H3,(H,16,17,18). The Kier molecular flexibility index (Phi) is 3.64. The zero-order chi connectivity index (χ0) is 14.0. The van der Waals surface area contributed by atoms with E-state index in [4.69, 9.17) is 4.74 Å². The third-order valence-electron chi connectivity index (χ3n) is 2.96. The van der Waals surface area contributed by atoms with Gasteiger partial charge in [-0.2, -0.15) is 0 Å². The van der Waals surface area contributed by atoms with Gasteiger partial charge in [0.1, 0.15) is 5.82 Å². The van der Waals surface area contributed by atoms with E-state index in [0.29, 0.717) is 29.1 Å². The molecule has 2 aromatic rings. The minimum Gasteiger partial charge on any atom is -0.494 e. The Morgan fingerprint density at radius 1 is 1.42 bits per heavy atom. The summed E-state index contributed by atoms with van der Waals surface area (Å²) >= 11 is 0. The number of nitrogens with zero attached hydrogens (tertiary/aromatic N) is 1. The second-order valence-corrected chi connectivity index (χ2v) is 4.19. The highest BCUT2D eigenvalue weighted by Gasteiger charge is 2.11. The van der Waals surface area contributed by atoms with Gasteiger partial charge in [0.25, 0.3) is 5.56 Å². The first-order chi connectivity index (χ1) is 9.06. The fraction of sp³-hybridized carbons (Fsp3) is 0.286. The van der Waals surface area contributed by atoms with Crippen LogP contribution in [0.2, 0.25) is 0 Å². The molecule has 0 aliphatic carbocycles. The summed E-state index contributed by atoms with van der Waals surface area (Å²) in [4.78, 5) is 18.8. The summed E-state index contributed by atoms with van der Waals surface area (Å²) in [6.45, 7) is 3.56. The van der Waals surface area contributed by atoms with Gasteiger partial charge in [0, 0.05) is 17.5 Å². The molecule has 1 aromatic heterocycles. The summed E-state index contributed by atoms with van der Waals surface area (Å²) in [5.41, 5.74) is 1.35. The molecule has 0 spiro atoms. The van der Waals surface area contributed by atoms with Crippen LogP contribution in [-0.2, 0) is 6.42 Å². The van der Waals surface area contributed by atoms with Crippen molar-refractivity contribution in [3.8, 4) is 17.0 Å². The number of methoxy groups -OCH3 is 1. The van der Waals surface area contributed by atoms with Crippen molar-refractivity contribution in [2.24, 2.45) is 0 Å². The summed E-state index contributed by atoms with van der Waals surface area (Å²) in [6.07, 6.45) is 0.612. The van der Waals surface area contributed by atoms with Gasteiger partial charge < -0.3 is 9.72 Å². The van der Waals surface area contributed by atoms with E-state index in [1.54, 1.807) is 13.0 Å². The summed E-state index contributed by atoms with van der Waals surface area (Å²) in [5, 5.41) is 0. The summed E-state index contributed by atoms with van der Waals surface area (Å²) in [5.74, 6) is 0.281. The molecule has 1 aromatic carbocycles. The molecule has 19 heavy (non-hydrogen) atoms. The van der Waals surface area contributed by atoms with Crippen LogP contribution in [0, 0.1) is 12.7 Å². The first-order valence-corrected chi connectivity index (χ1v) is 6.00. The largest absolute Gasteiger partial charge is 0.494 e. The van der Waals surface area contributed by atoms with Gasteiger partial charge in [0.15, 0.2) is 11.6 Å². The first-order valence-electron chi connectivity index (χ1n) is 6.00. The van der Waals surface area contributed by atoms with Crippen LogP contribution in [0.3, 0.4) is 0 Å². The minimum absolute atomic E-state index is 0.168. The second-order valence-electron chi connectivity index (χ2n) is 4.19. The van der Waals surface area contributed by atoms with Crippen molar-refractivity contribution in [1.29, 1.82) is 0 Å². The highest BCUT2D eigenvalue weighted by molar-refractivity contribution is 5.63. The van der Waals surface area contributed by atoms with Gasteiger partial charge in [0.2, 0.25) is 0 Å². The number of hydrogen-bond acceptors (Lipinski definition) is 3. The fourth-order valence-corrected chi connectivity index (χ4v) is 1.84. The molecule has 0 aliphatic heterocycles. The van der Waals surface area contributed by atoms with Crippen LogP contribution in [0.1, 0.15) is 18.3 Å². The maximum atomic E-state index is 13.7. The monoisotopic (exact) mass is 262 g/mol. The molecule has 0 unspecified atom stereocenters. The van der Waals surface area contributed by atoms with Crippen molar-refractivity contribution in [2.45, 2.75) is 20.3 Å². The number of hydrogen-bond donors (Lipinski definition) is 1. The van der Waals surface area contributed by atoms with E-state index >= 15 is 0 Å². The van der Waals surface area contributed by atoms with Gasteiger partial charge in [-0.05, 0) is 25.1 Å². The highest BCUT2D eigenvalue weighted by Crippen LogP contribution is 2.25. The molecule has 1 N–H and O–H groups in total. The average Bonchev–Trinajstić information content (AvgIpc) is 2.41. The lowest BCUT2D eigenvalue weighted by Gasteiger charge is -2.08. The molecule has 0 bridgehead atoms. The fourth-order valence-electron chi connectivity index (χ4n) is 1.84. The molecule has 1 heterocycles. The van der Waals surface area contributed by atoms with E-state index in [1.807, 2.05) is 6.92 Å². The Bertz CT molecular complexity index is 665. The smallest absolute Gasteiger partial charge is 0.254 e. The number of aromatic nitrogens is 2. The number of nitrogens with one attached hydrogen (secondary N) is 1. The van der Waals surface area contributed by atoms with E-state index in [-0.39, 0.29) is 11.3 Å². The van der Waals surface area contributed by atoms with Gasteiger partial charge >= 0.3 is 0 Å². The summed E-state index contributed by atoms with van der Waals surface area (Å²) in [7, 11) is 1.41. The molecule has 4 nitrogen and oxygen atoms in total. The number of aromatic amines is 1. The Balaban J connectivity index is 2.61. The third-order valence-corrected chi connectivity index (χ3v) is 2.96. The number of benzene rings is 1. The summed E-state index contributed by atoms with van der Waals surface area (Å²) < 4.78 is 18.6. The lowest BCUT2D eigenvalue weighted by Crippen LogP contribution is -2.15. The van der Waals surface area contributed by atoms with Gasteiger partial charge in [0.05, 0.1) is 12.8 Å². The predicted molar refractivity (Wildman–Crippen MR) is 70.9 cm³/mol. The van der Waals surface area contributed by atoms with Crippen molar-refractivity contribution < 1.29 is 9.13 Å². The third kappa shape index (κ3) is 2.50. The molecule has 5 heteroatoms. The minimum atomic E-state index is -0.473. The number of rotatable bonds is 3. The van der Waals surface area contributed by atoms with Gasteiger partial charge in [-0.1, -0.05) is 6.92 Å². The number of ether oxygens (including phenoxy) is 1. The maximum Gasteiger partial charge on any atom is 0.254 e. The van der Waals surface area contributed by atoms with E-state index in [1.165, 1.54) is 19.2 Å². The zero-order valence-corrected chi connectivity index (χ0v) is 11.1. The van der Waals surface area contributed by atoms with Crippen molar-refractivity contribution in [3.63, 3.8) is 0 Å². The Labute approximate surface area is 110 Å². The molecule has 0 aliphatic rings. The van der Waals surface area contributed by atoms with Crippen LogP contribution >= 0.6 is 0 Å². The Morgan fingerprint density at radius 3 is 2.74 bits per heavy atom. The zero-order valence-electron chi connectivity index (χ0n) is 11.1. The summed E-state index contributed by atoms with van der Waals surface area (Å²) in [6, 6.07) is 4.54. The van der Waals surface area contributed by atoms with Crippen molar-refractivity contribution in [1.82, 2.24) is 9.97 Å². The van der Waals surface area contributed by atoms with Crippen LogP contribution in [0.5, 0.6) is 5.75 Å². The molecule has 0 saturated heterocycles. The van der Waals surface area contributed by atoms with Crippen LogP contribution in [0.15, 0.2) is 23.0 Å². The first kappa shape index (κ1) is 13.3. The van der Waals surface area contributed by atoms with Crippen molar-refractivity contribution in [3.05, 3.63) is 45.8 Å². The van der Waals surface area contributed by atoms with Crippen molar-refractivity contribution >= 4 is 0 Å². The molecular formula is C14H15FN2O2. The molecule has 2 rings (SSSR count). The van der Waals surface area contributed by atoms with Crippen molar-refractivity contribution in [2.75, 3.05) is 7.11 Å². The molecule has 0 fully saturated rings. The van der Waals surface area contributed by atoms with Gasteiger partial charge in [-0.15, -0.1) is 0 Å². The normalized spacial score (nSPS) is 10.5. The predicted octanol–water partition coefficient (Wildman–Crippen LogP) is 2.46. The van der Waals surface area contributed by atoms with Crippen LogP contribution in [0.25, 0.3) is 11.3 Å². The molecule has 0 radical (unpaired) electrons. The van der Waals surface area contributed by atoms with Crippen LogP contribution in [0.4, 0.5) is 4.39 Å². The average molecular weight is 262 g/mol. The SMILES string of the molecule is CCc1nc(-c2ccc(OC)c(F)c2)c(C)c(=O)[nH]1. The van der Waals surface area contributed by atoms with Crippen LogP contribution in [-0.4, -0.2) is 17.1 Å². The van der Waals surface area contributed by atoms with E-state index in [9.17, 15) is 9.18 Å². The number of aryl methyl sites for hydroxylation is 1. The van der Waals surface area contributed by atoms with Crippen LogP contribution < -0.4 is 10.3 Å². The molecule has 100 valence electrons. The quantitative estimate of drug-likeness (QED) is 0.924. The topological polar surface area (TPSA) is 55.0 Å². The van der Waals surface area contributed by atoms with Gasteiger partial charge in [-0.25, -0.2) is 9.37 Å². The van der Waals surface area contributed by atoms with E-state index in [2.05, 4.69) is 9.97 Å². The number of halogens is 1. The molecule has 0 amide bonds. The lowest BCUT2D eigenvalue weighted by molar-refractivity contribution is 0.386. The Hall–Kier alpha value is -2.17. The molecule has 0 saturated carbocycles. The highest BCUT2D eigenvalue weighted by atomic mass is 19.1. The lowest BCUT2D eigenvalue weighted by atomic mass is 10.1. The number of H-pyrrole nitrogens is 1. The Morgan fingerprint density at radius 2 is 2.16 bits per heavy atom. The van der Waals surface area contributed by atoms with E-state index in [0.717, 1.165) is 0 Å². The molecular weight excluding hydrogens is 247 g/mol. The maximum absolute atomic E-state index is 13.7. The van der Waals surface area contributed by atoms with Gasteiger partial charge in [-0.3, -0.25) is 4.79 Å². The van der Waals surface area contributed by atoms with E-state index < -0.39 is 5.82 Å². The second kappa shape index (κ2) is 5.22. The molecule has 0 atom stereocenters.